The van der Waals surface area contributed by atoms with Crippen molar-refractivity contribution < 1.29 is 15.1 Å². The topological polar surface area (TPSA) is 88.1 Å². The number of phenolic OH excluding ortho intramolecular Hbond substituents is 1. The Hall–Kier alpha value is -2.69. The van der Waals surface area contributed by atoms with Crippen LogP contribution in [0.5, 0.6) is 11.5 Å². The van der Waals surface area contributed by atoms with Gasteiger partial charge < -0.3 is 20.8 Å². The summed E-state index contributed by atoms with van der Waals surface area (Å²) in [5.74, 6) is 1.14. The molecule has 0 amide bonds. The zero-order valence-corrected chi connectivity index (χ0v) is 10.9. The molecule has 0 unspecified atom stereocenters. The molecule has 0 aliphatic carbocycles. The molecular weight excluding hydrogens is 256 g/mol. The van der Waals surface area contributed by atoms with E-state index < -0.39 is 0 Å². The Morgan fingerprint density at radius 1 is 1.00 bits per heavy atom. The third-order valence-electron chi connectivity index (χ3n) is 2.78. The largest absolute Gasteiger partial charge is 0.508 e. The minimum Gasteiger partial charge on any atom is -0.508 e. The van der Waals surface area contributed by atoms with Gasteiger partial charge in [-0.2, -0.15) is 0 Å². The number of nitrogens with zero attached hydrogens (tertiary/aromatic N) is 1. The Labute approximate surface area is 116 Å². The summed E-state index contributed by atoms with van der Waals surface area (Å²) >= 11 is 0. The molecule has 0 bridgehead atoms. The maximum atomic E-state index is 9.19. The summed E-state index contributed by atoms with van der Waals surface area (Å²) in [7, 11) is 0. The first-order valence-corrected chi connectivity index (χ1v) is 6.13. The van der Waals surface area contributed by atoms with E-state index in [1.54, 1.807) is 12.1 Å². The number of ether oxygens (including phenoxy) is 1. The normalized spacial score (nSPS) is 11.3. The Balaban J connectivity index is 1.92. The lowest BCUT2D eigenvalue weighted by atomic mass is 10.1. The average molecular weight is 272 g/mol. The summed E-state index contributed by atoms with van der Waals surface area (Å²) in [6.07, 6.45) is 0.398. The van der Waals surface area contributed by atoms with E-state index in [1.807, 2.05) is 36.4 Å². The van der Waals surface area contributed by atoms with Crippen molar-refractivity contribution in [3.63, 3.8) is 0 Å². The third-order valence-corrected chi connectivity index (χ3v) is 2.78. The van der Waals surface area contributed by atoms with Gasteiger partial charge in [0.2, 0.25) is 0 Å². The summed E-state index contributed by atoms with van der Waals surface area (Å²) in [6, 6.07) is 14.3. The van der Waals surface area contributed by atoms with E-state index >= 15 is 0 Å². The molecule has 0 fully saturated rings. The molecule has 20 heavy (non-hydrogen) atoms. The predicted molar refractivity (Wildman–Crippen MR) is 76.0 cm³/mol. The summed E-state index contributed by atoms with van der Waals surface area (Å²) in [6.45, 7) is 0.430. The summed E-state index contributed by atoms with van der Waals surface area (Å²) < 4.78 is 5.63. The lowest BCUT2D eigenvalue weighted by Gasteiger charge is -2.07. The second kappa shape index (κ2) is 6.47. The number of oxime groups is 1. The van der Waals surface area contributed by atoms with Crippen LogP contribution in [0.1, 0.15) is 11.1 Å². The highest BCUT2D eigenvalue weighted by molar-refractivity contribution is 5.82. The fourth-order valence-corrected chi connectivity index (χ4v) is 1.71. The van der Waals surface area contributed by atoms with E-state index in [1.165, 1.54) is 0 Å². The van der Waals surface area contributed by atoms with Crippen LogP contribution in [-0.2, 0) is 13.0 Å². The van der Waals surface area contributed by atoms with Gasteiger partial charge in [0, 0.05) is 6.42 Å². The number of phenols is 1. The number of nitrogens with two attached hydrogens (primary N) is 1. The van der Waals surface area contributed by atoms with Crippen LogP contribution in [0.2, 0.25) is 0 Å². The van der Waals surface area contributed by atoms with Gasteiger partial charge in [0.05, 0.1) is 0 Å². The minimum atomic E-state index is 0.169. The van der Waals surface area contributed by atoms with Gasteiger partial charge in [-0.25, -0.2) is 0 Å². The summed E-state index contributed by atoms with van der Waals surface area (Å²) in [4.78, 5) is 0. The van der Waals surface area contributed by atoms with Crippen molar-refractivity contribution in [2.45, 2.75) is 13.0 Å². The van der Waals surface area contributed by atoms with E-state index in [4.69, 9.17) is 15.7 Å². The van der Waals surface area contributed by atoms with E-state index in [0.717, 1.165) is 16.9 Å². The van der Waals surface area contributed by atoms with Crippen LogP contribution in [0.15, 0.2) is 53.7 Å². The average Bonchev–Trinajstić information content (AvgIpc) is 2.48. The van der Waals surface area contributed by atoms with Crippen LogP contribution < -0.4 is 10.5 Å². The maximum Gasteiger partial charge on any atom is 0.143 e. The highest BCUT2D eigenvalue weighted by Gasteiger charge is 2.00. The van der Waals surface area contributed by atoms with Crippen molar-refractivity contribution in [1.82, 2.24) is 0 Å². The predicted octanol–water partition coefficient (Wildman–Crippen LogP) is 2.26. The highest BCUT2D eigenvalue weighted by atomic mass is 16.5. The monoisotopic (exact) mass is 272 g/mol. The second-order valence-corrected chi connectivity index (χ2v) is 4.37. The fraction of sp³-hybridized carbons (Fsp3) is 0.133. The van der Waals surface area contributed by atoms with Crippen molar-refractivity contribution in [2.24, 2.45) is 10.9 Å². The molecule has 0 aromatic heterocycles. The maximum absolute atomic E-state index is 9.19. The van der Waals surface area contributed by atoms with Crippen molar-refractivity contribution in [3.8, 4) is 11.5 Å². The lowest BCUT2D eigenvalue weighted by Crippen LogP contribution is -2.14. The number of amidine groups is 1. The van der Waals surface area contributed by atoms with Crippen LogP contribution in [0, 0.1) is 0 Å². The van der Waals surface area contributed by atoms with Crippen LogP contribution >= 0.6 is 0 Å². The van der Waals surface area contributed by atoms with Gasteiger partial charge in [0.25, 0.3) is 0 Å². The standard InChI is InChI=1S/C15H16N2O3/c16-15(17-19)9-11-3-7-14(8-4-11)20-10-12-1-5-13(18)6-2-12/h1-8,18-19H,9-10H2,(H2,16,17). The smallest absolute Gasteiger partial charge is 0.143 e. The van der Waals surface area contributed by atoms with Gasteiger partial charge in [-0.1, -0.05) is 29.4 Å². The molecular formula is C15H16N2O3. The second-order valence-electron chi connectivity index (χ2n) is 4.37. The molecule has 2 aromatic rings. The zero-order valence-electron chi connectivity index (χ0n) is 10.9. The number of rotatable bonds is 5. The van der Waals surface area contributed by atoms with Crippen LogP contribution in [-0.4, -0.2) is 16.1 Å². The Morgan fingerprint density at radius 2 is 1.60 bits per heavy atom. The van der Waals surface area contributed by atoms with E-state index in [-0.39, 0.29) is 11.6 Å². The van der Waals surface area contributed by atoms with Crippen molar-refractivity contribution >= 4 is 5.84 Å². The number of hydrogen-bond donors (Lipinski definition) is 3. The van der Waals surface area contributed by atoms with Gasteiger partial charge >= 0.3 is 0 Å². The van der Waals surface area contributed by atoms with E-state index in [9.17, 15) is 5.11 Å². The van der Waals surface area contributed by atoms with Crippen LogP contribution in [0.3, 0.4) is 0 Å². The van der Waals surface area contributed by atoms with Crippen molar-refractivity contribution in [3.05, 3.63) is 59.7 Å². The first-order chi connectivity index (χ1) is 9.67. The molecule has 0 radical (unpaired) electrons. The van der Waals surface area contributed by atoms with Crippen molar-refractivity contribution in [1.29, 1.82) is 0 Å². The SMILES string of the molecule is N/C(Cc1ccc(OCc2ccc(O)cc2)cc1)=N/O. The zero-order chi connectivity index (χ0) is 14.4. The molecule has 2 aromatic carbocycles. The summed E-state index contributed by atoms with van der Waals surface area (Å²) in [5, 5.41) is 20.6. The van der Waals surface area contributed by atoms with Crippen LogP contribution in [0.25, 0.3) is 0 Å². The molecule has 0 saturated carbocycles. The molecule has 5 heteroatoms. The fourth-order valence-electron chi connectivity index (χ4n) is 1.71. The van der Waals surface area contributed by atoms with Gasteiger partial charge in [-0.3, -0.25) is 0 Å². The van der Waals surface area contributed by atoms with Gasteiger partial charge in [0.15, 0.2) is 0 Å². The first-order valence-electron chi connectivity index (χ1n) is 6.13. The van der Waals surface area contributed by atoms with Crippen molar-refractivity contribution in [2.75, 3.05) is 0 Å². The summed E-state index contributed by atoms with van der Waals surface area (Å²) in [5.41, 5.74) is 7.36. The minimum absolute atomic E-state index is 0.169. The molecule has 4 N–H and O–H groups in total. The molecule has 0 heterocycles. The molecule has 5 nitrogen and oxygen atoms in total. The quantitative estimate of drug-likeness (QED) is 0.337. The van der Waals surface area contributed by atoms with Gasteiger partial charge in [-0.05, 0) is 35.4 Å². The van der Waals surface area contributed by atoms with E-state index in [2.05, 4.69) is 5.16 Å². The lowest BCUT2D eigenvalue weighted by molar-refractivity contribution is 0.306. The van der Waals surface area contributed by atoms with E-state index in [0.29, 0.717) is 13.0 Å². The number of hydrogen-bond acceptors (Lipinski definition) is 4. The number of benzene rings is 2. The Bertz CT molecular complexity index is 577. The van der Waals surface area contributed by atoms with Gasteiger partial charge in [-0.15, -0.1) is 0 Å². The molecule has 0 aliphatic rings. The first kappa shape index (κ1) is 13.7. The third kappa shape index (κ3) is 3.91. The molecule has 0 atom stereocenters. The van der Waals surface area contributed by atoms with Gasteiger partial charge in [0.1, 0.15) is 23.9 Å². The molecule has 0 aliphatic heterocycles. The molecule has 2 rings (SSSR count). The van der Waals surface area contributed by atoms with Crippen LogP contribution in [0.4, 0.5) is 0 Å². The molecule has 104 valence electrons. The Kier molecular flexibility index (Phi) is 4.44. The molecule has 0 spiro atoms. The highest BCUT2D eigenvalue weighted by Crippen LogP contribution is 2.16. The Morgan fingerprint density at radius 3 is 2.20 bits per heavy atom. The number of aromatic hydroxyl groups is 1. The molecule has 0 saturated heterocycles.